The Hall–Kier alpha value is -1.65. The standard InChI is InChI=1S/C16H24N4/c1-3-9-20(10-4-2)12-14-11-13-7-5-6-8-15(13)18-16(14)19-17/h5-8,11H,3-4,9-10,12,17H2,1-2H3,(H,18,19). The number of hydrogen-bond acceptors (Lipinski definition) is 4. The molecule has 0 fully saturated rings. The number of aromatic nitrogens is 1. The minimum atomic E-state index is 0.779. The third kappa shape index (κ3) is 3.46. The van der Waals surface area contributed by atoms with E-state index in [0.717, 1.165) is 54.8 Å². The van der Waals surface area contributed by atoms with Crippen LogP contribution in [0.2, 0.25) is 0 Å². The molecular formula is C16H24N4. The van der Waals surface area contributed by atoms with Gasteiger partial charge in [0.1, 0.15) is 5.82 Å². The number of hydrazine groups is 1. The summed E-state index contributed by atoms with van der Waals surface area (Å²) in [7, 11) is 0. The number of benzene rings is 1. The van der Waals surface area contributed by atoms with Gasteiger partial charge in [0.2, 0.25) is 0 Å². The Labute approximate surface area is 121 Å². The van der Waals surface area contributed by atoms with Gasteiger partial charge in [0.15, 0.2) is 0 Å². The van der Waals surface area contributed by atoms with Gasteiger partial charge in [0.25, 0.3) is 0 Å². The first-order valence-electron chi connectivity index (χ1n) is 7.36. The predicted octanol–water partition coefficient (Wildman–Crippen LogP) is 3.14. The summed E-state index contributed by atoms with van der Waals surface area (Å²) in [6.45, 7) is 7.52. The van der Waals surface area contributed by atoms with Gasteiger partial charge in [-0.2, -0.15) is 0 Å². The minimum Gasteiger partial charge on any atom is -0.308 e. The Morgan fingerprint density at radius 3 is 2.50 bits per heavy atom. The molecule has 0 spiro atoms. The SMILES string of the molecule is CCCN(CCC)Cc1cc2ccccc2nc1NN. The minimum absolute atomic E-state index is 0.779. The predicted molar refractivity (Wildman–Crippen MR) is 85.4 cm³/mol. The molecule has 3 N–H and O–H groups in total. The second kappa shape index (κ2) is 7.22. The lowest BCUT2D eigenvalue weighted by molar-refractivity contribution is 0.267. The van der Waals surface area contributed by atoms with Crippen LogP contribution < -0.4 is 11.3 Å². The average molecular weight is 272 g/mol. The van der Waals surface area contributed by atoms with Crippen molar-refractivity contribution in [3.8, 4) is 0 Å². The maximum Gasteiger partial charge on any atom is 0.145 e. The smallest absolute Gasteiger partial charge is 0.145 e. The van der Waals surface area contributed by atoms with Crippen LogP contribution in [0, 0.1) is 0 Å². The fourth-order valence-electron chi connectivity index (χ4n) is 2.55. The summed E-state index contributed by atoms with van der Waals surface area (Å²) in [5.74, 6) is 6.41. The molecule has 0 aliphatic rings. The summed E-state index contributed by atoms with van der Waals surface area (Å²) in [4.78, 5) is 7.06. The van der Waals surface area contributed by atoms with E-state index in [1.54, 1.807) is 0 Å². The lowest BCUT2D eigenvalue weighted by Gasteiger charge is -2.22. The molecule has 20 heavy (non-hydrogen) atoms. The monoisotopic (exact) mass is 272 g/mol. The van der Waals surface area contributed by atoms with E-state index in [1.165, 1.54) is 0 Å². The number of pyridine rings is 1. The van der Waals surface area contributed by atoms with Crippen LogP contribution in [0.1, 0.15) is 32.3 Å². The average Bonchev–Trinajstić information content (AvgIpc) is 2.47. The maximum atomic E-state index is 5.63. The normalized spacial score (nSPS) is 11.2. The Morgan fingerprint density at radius 1 is 1.15 bits per heavy atom. The molecule has 2 rings (SSSR count). The third-order valence-corrected chi connectivity index (χ3v) is 3.41. The summed E-state index contributed by atoms with van der Waals surface area (Å²) in [6, 6.07) is 10.3. The second-order valence-electron chi connectivity index (χ2n) is 5.11. The molecule has 108 valence electrons. The van der Waals surface area contributed by atoms with E-state index in [4.69, 9.17) is 5.84 Å². The molecule has 4 heteroatoms. The highest BCUT2D eigenvalue weighted by Crippen LogP contribution is 2.21. The number of hydrogen-bond donors (Lipinski definition) is 2. The molecule has 0 aliphatic carbocycles. The van der Waals surface area contributed by atoms with Crippen molar-refractivity contribution in [1.29, 1.82) is 0 Å². The molecule has 0 aliphatic heterocycles. The van der Waals surface area contributed by atoms with Gasteiger partial charge >= 0.3 is 0 Å². The lowest BCUT2D eigenvalue weighted by atomic mass is 10.1. The first-order chi connectivity index (χ1) is 9.78. The maximum absolute atomic E-state index is 5.63. The number of para-hydroxylation sites is 1. The molecule has 0 unspecified atom stereocenters. The van der Waals surface area contributed by atoms with Crippen LogP contribution in [0.15, 0.2) is 30.3 Å². The fraction of sp³-hybridized carbons (Fsp3) is 0.438. The van der Waals surface area contributed by atoms with E-state index in [9.17, 15) is 0 Å². The summed E-state index contributed by atoms with van der Waals surface area (Å²) in [5.41, 5.74) is 4.87. The van der Waals surface area contributed by atoms with Crippen LogP contribution in [0.5, 0.6) is 0 Å². The highest BCUT2D eigenvalue weighted by atomic mass is 15.3. The molecule has 1 aromatic heterocycles. The van der Waals surface area contributed by atoms with Crippen molar-refractivity contribution in [1.82, 2.24) is 9.88 Å². The van der Waals surface area contributed by atoms with E-state index >= 15 is 0 Å². The molecule has 0 amide bonds. The van der Waals surface area contributed by atoms with Crippen molar-refractivity contribution in [3.63, 3.8) is 0 Å². The Balaban J connectivity index is 2.31. The first-order valence-corrected chi connectivity index (χ1v) is 7.36. The first kappa shape index (κ1) is 14.8. The van der Waals surface area contributed by atoms with Crippen LogP contribution in [0.25, 0.3) is 10.9 Å². The molecule has 4 nitrogen and oxygen atoms in total. The highest BCUT2D eigenvalue weighted by Gasteiger charge is 2.10. The number of nitrogens with two attached hydrogens (primary N) is 1. The molecular weight excluding hydrogens is 248 g/mol. The number of nitrogen functional groups attached to an aromatic ring is 1. The molecule has 0 saturated heterocycles. The van der Waals surface area contributed by atoms with Crippen molar-refractivity contribution >= 4 is 16.7 Å². The summed E-state index contributed by atoms with van der Waals surface area (Å²) < 4.78 is 0. The van der Waals surface area contributed by atoms with Gasteiger partial charge in [0, 0.05) is 17.5 Å². The van der Waals surface area contributed by atoms with Crippen LogP contribution in [0.3, 0.4) is 0 Å². The summed E-state index contributed by atoms with van der Waals surface area (Å²) in [6.07, 6.45) is 2.32. The van der Waals surface area contributed by atoms with Crippen LogP contribution in [-0.2, 0) is 6.54 Å². The van der Waals surface area contributed by atoms with Gasteiger partial charge < -0.3 is 5.43 Å². The van der Waals surface area contributed by atoms with Gasteiger partial charge in [-0.15, -0.1) is 0 Å². The molecule has 2 aromatic rings. The Morgan fingerprint density at radius 2 is 1.85 bits per heavy atom. The molecule has 0 radical (unpaired) electrons. The Bertz CT molecular complexity index is 547. The van der Waals surface area contributed by atoms with Gasteiger partial charge in [-0.05, 0) is 38.1 Å². The third-order valence-electron chi connectivity index (χ3n) is 3.41. The zero-order chi connectivity index (χ0) is 14.4. The molecule has 1 heterocycles. The van der Waals surface area contributed by atoms with Gasteiger partial charge in [0.05, 0.1) is 5.52 Å². The van der Waals surface area contributed by atoms with E-state index in [-0.39, 0.29) is 0 Å². The zero-order valence-corrected chi connectivity index (χ0v) is 12.4. The lowest BCUT2D eigenvalue weighted by Crippen LogP contribution is -2.26. The van der Waals surface area contributed by atoms with Crippen LogP contribution in [0.4, 0.5) is 5.82 Å². The summed E-state index contributed by atoms with van der Waals surface area (Å²) >= 11 is 0. The van der Waals surface area contributed by atoms with E-state index < -0.39 is 0 Å². The van der Waals surface area contributed by atoms with Crippen molar-refractivity contribution in [2.75, 3.05) is 18.5 Å². The van der Waals surface area contributed by atoms with Gasteiger partial charge in [-0.25, -0.2) is 10.8 Å². The fourth-order valence-corrected chi connectivity index (χ4v) is 2.55. The zero-order valence-electron chi connectivity index (χ0n) is 12.4. The molecule has 0 saturated carbocycles. The number of nitrogens with one attached hydrogen (secondary N) is 1. The molecule has 0 bridgehead atoms. The second-order valence-corrected chi connectivity index (χ2v) is 5.11. The van der Waals surface area contributed by atoms with Gasteiger partial charge in [-0.3, -0.25) is 4.90 Å². The van der Waals surface area contributed by atoms with Crippen LogP contribution >= 0.6 is 0 Å². The largest absolute Gasteiger partial charge is 0.308 e. The van der Waals surface area contributed by atoms with Crippen molar-refractivity contribution in [2.24, 2.45) is 5.84 Å². The van der Waals surface area contributed by atoms with Crippen molar-refractivity contribution < 1.29 is 0 Å². The molecule has 1 aromatic carbocycles. The van der Waals surface area contributed by atoms with E-state index in [2.05, 4.69) is 41.3 Å². The van der Waals surface area contributed by atoms with Gasteiger partial charge in [-0.1, -0.05) is 32.0 Å². The van der Waals surface area contributed by atoms with Crippen LogP contribution in [-0.4, -0.2) is 23.0 Å². The number of anilines is 1. The number of rotatable bonds is 7. The van der Waals surface area contributed by atoms with E-state index in [0.29, 0.717) is 0 Å². The van der Waals surface area contributed by atoms with E-state index in [1.807, 2.05) is 18.2 Å². The topological polar surface area (TPSA) is 54.2 Å². The van der Waals surface area contributed by atoms with Crippen molar-refractivity contribution in [2.45, 2.75) is 33.2 Å². The molecule has 0 atom stereocenters. The quantitative estimate of drug-likeness (QED) is 0.600. The number of fused-ring (bicyclic) bond motifs is 1. The Kier molecular flexibility index (Phi) is 5.32. The highest BCUT2D eigenvalue weighted by molar-refractivity contribution is 5.81. The number of nitrogens with zero attached hydrogens (tertiary/aromatic N) is 2. The van der Waals surface area contributed by atoms with Crippen molar-refractivity contribution in [3.05, 3.63) is 35.9 Å². The summed E-state index contributed by atoms with van der Waals surface area (Å²) in [5, 5.41) is 1.16.